The lowest BCUT2D eigenvalue weighted by molar-refractivity contribution is 0.462. The van der Waals surface area contributed by atoms with Crippen molar-refractivity contribution in [3.05, 3.63) is 49.0 Å². The predicted octanol–water partition coefficient (Wildman–Crippen LogP) is 4.22. The standard InChI is InChI=1S/C15H17IN2S/c1-10-8-17-6-5-11(10)9-18-13-3-2-4-14-12(13)7-15(16)19-14/h5-8,13,18H,2-4,9H2,1H3. The number of hydrogen-bond donors (Lipinski definition) is 1. The minimum atomic E-state index is 0.524. The van der Waals surface area contributed by atoms with E-state index in [-0.39, 0.29) is 0 Å². The van der Waals surface area contributed by atoms with Crippen molar-refractivity contribution < 1.29 is 0 Å². The number of nitrogens with one attached hydrogen (secondary N) is 1. The lowest BCUT2D eigenvalue weighted by Crippen LogP contribution is -2.24. The van der Waals surface area contributed by atoms with Crippen molar-refractivity contribution >= 4 is 33.9 Å². The smallest absolute Gasteiger partial charge is 0.0659 e. The molecule has 19 heavy (non-hydrogen) atoms. The average Bonchev–Trinajstić information content (AvgIpc) is 2.78. The Morgan fingerprint density at radius 2 is 2.42 bits per heavy atom. The second kappa shape index (κ2) is 5.89. The molecule has 0 aliphatic heterocycles. The van der Waals surface area contributed by atoms with E-state index in [2.05, 4.69) is 51.9 Å². The highest BCUT2D eigenvalue weighted by Crippen LogP contribution is 2.36. The van der Waals surface area contributed by atoms with Crippen molar-refractivity contribution in [2.45, 2.75) is 38.8 Å². The van der Waals surface area contributed by atoms with Crippen molar-refractivity contribution in [3.8, 4) is 0 Å². The van der Waals surface area contributed by atoms with Gasteiger partial charge in [-0.05, 0) is 77.6 Å². The van der Waals surface area contributed by atoms with Gasteiger partial charge in [0.1, 0.15) is 0 Å². The fraction of sp³-hybridized carbons (Fsp3) is 0.400. The number of rotatable bonds is 3. The number of hydrogen-bond acceptors (Lipinski definition) is 3. The number of thiophene rings is 1. The summed E-state index contributed by atoms with van der Waals surface area (Å²) in [4.78, 5) is 5.73. The van der Waals surface area contributed by atoms with Crippen LogP contribution in [0.25, 0.3) is 0 Å². The molecule has 0 spiro atoms. The molecule has 100 valence electrons. The Bertz CT molecular complexity index is 579. The molecular formula is C15H17IN2S. The van der Waals surface area contributed by atoms with Gasteiger partial charge < -0.3 is 5.32 Å². The number of fused-ring (bicyclic) bond motifs is 1. The largest absolute Gasteiger partial charge is 0.306 e. The van der Waals surface area contributed by atoms with Gasteiger partial charge >= 0.3 is 0 Å². The van der Waals surface area contributed by atoms with Crippen LogP contribution in [0.3, 0.4) is 0 Å². The Morgan fingerprint density at radius 3 is 3.26 bits per heavy atom. The third kappa shape index (κ3) is 3.01. The van der Waals surface area contributed by atoms with Gasteiger partial charge in [-0.15, -0.1) is 11.3 Å². The van der Waals surface area contributed by atoms with Crippen LogP contribution in [0.1, 0.15) is 40.5 Å². The summed E-state index contributed by atoms with van der Waals surface area (Å²) in [5.41, 5.74) is 4.16. The molecule has 0 amide bonds. The molecule has 1 aliphatic rings. The Hall–Kier alpha value is -0.460. The third-order valence-electron chi connectivity index (χ3n) is 3.76. The minimum Gasteiger partial charge on any atom is -0.306 e. The zero-order valence-electron chi connectivity index (χ0n) is 10.9. The van der Waals surface area contributed by atoms with E-state index >= 15 is 0 Å². The molecule has 0 bridgehead atoms. The number of aryl methyl sites for hydroxylation is 2. The third-order valence-corrected chi connectivity index (χ3v) is 5.73. The molecule has 0 radical (unpaired) electrons. The molecule has 0 aromatic carbocycles. The van der Waals surface area contributed by atoms with Crippen molar-refractivity contribution in [3.63, 3.8) is 0 Å². The molecule has 4 heteroatoms. The maximum Gasteiger partial charge on any atom is 0.0659 e. The maximum absolute atomic E-state index is 4.15. The summed E-state index contributed by atoms with van der Waals surface area (Å²) in [5, 5.41) is 3.72. The van der Waals surface area contributed by atoms with Gasteiger partial charge in [-0.1, -0.05) is 0 Å². The van der Waals surface area contributed by atoms with Gasteiger partial charge in [0.05, 0.1) is 2.88 Å². The van der Waals surface area contributed by atoms with Gasteiger partial charge in [0, 0.05) is 29.9 Å². The van der Waals surface area contributed by atoms with Crippen LogP contribution in [0.4, 0.5) is 0 Å². The van der Waals surface area contributed by atoms with E-state index in [1.165, 1.54) is 38.8 Å². The maximum atomic E-state index is 4.15. The van der Waals surface area contributed by atoms with Crippen LogP contribution < -0.4 is 5.32 Å². The second-order valence-corrected chi connectivity index (χ2v) is 8.09. The molecule has 2 nitrogen and oxygen atoms in total. The highest BCUT2D eigenvalue weighted by molar-refractivity contribution is 14.1. The molecule has 2 aromatic rings. The number of aromatic nitrogens is 1. The summed E-state index contributed by atoms with van der Waals surface area (Å²) in [6.45, 7) is 3.06. The van der Waals surface area contributed by atoms with E-state index in [4.69, 9.17) is 0 Å². The Morgan fingerprint density at radius 1 is 1.53 bits per heavy atom. The van der Waals surface area contributed by atoms with Gasteiger partial charge in [-0.3, -0.25) is 4.98 Å². The fourth-order valence-electron chi connectivity index (χ4n) is 2.67. The number of pyridine rings is 1. The molecule has 1 N–H and O–H groups in total. The second-order valence-electron chi connectivity index (χ2n) is 5.06. The van der Waals surface area contributed by atoms with E-state index in [1.807, 2.05) is 23.7 Å². The van der Waals surface area contributed by atoms with Crippen LogP contribution >= 0.6 is 33.9 Å². The molecule has 1 aliphatic carbocycles. The fourth-order valence-corrected chi connectivity index (χ4v) is 4.79. The van der Waals surface area contributed by atoms with Crippen LogP contribution in [-0.4, -0.2) is 4.98 Å². The average molecular weight is 384 g/mol. The minimum absolute atomic E-state index is 0.524. The van der Waals surface area contributed by atoms with Crippen molar-refractivity contribution in [1.82, 2.24) is 10.3 Å². The van der Waals surface area contributed by atoms with Gasteiger partial charge in [0.25, 0.3) is 0 Å². The van der Waals surface area contributed by atoms with E-state index < -0.39 is 0 Å². The first-order valence-electron chi connectivity index (χ1n) is 6.65. The van der Waals surface area contributed by atoms with Crippen molar-refractivity contribution in [2.75, 3.05) is 0 Å². The highest BCUT2D eigenvalue weighted by atomic mass is 127. The normalized spacial score (nSPS) is 18.3. The molecule has 0 saturated carbocycles. The van der Waals surface area contributed by atoms with E-state index in [9.17, 15) is 0 Å². The molecule has 2 aromatic heterocycles. The first kappa shape index (κ1) is 13.5. The van der Waals surface area contributed by atoms with Gasteiger partial charge in [0.15, 0.2) is 0 Å². The SMILES string of the molecule is Cc1cnccc1CNC1CCCc2sc(I)cc21. The van der Waals surface area contributed by atoms with Crippen LogP contribution in [0.15, 0.2) is 24.5 Å². The molecule has 2 heterocycles. The summed E-state index contributed by atoms with van der Waals surface area (Å²) in [6, 6.07) is 5.00. The van der Waals surface area contributed by atoms with Crippen molar-refractivity contribution in [1.29, 1.82) is 0 Å². The van der Waals surface area contributed by atoms with Gasteiger partial charge in [0.2, 0.25) is 0 Å². The molecule has 1 unspecified atom stereocenters. The van der Waals surface area contributed by atoms with Gasteiger partial charge in [-0.2, -0.15) is 0 Å². The molecule has 3 rings (SSSR count). The Balaban J connectivity index is 1.73. The topological polar surface area (TPSA) is 24.9 Å². The number of halogens is 1. The monoisotopic (exact) mass is 384 g/mol. The Labute approximate surface area is 131 Å². The van der Waals surface area contributed by atoms with E-state index in [0.717, 1.165) is 6.54 Å². The Kier molecular flexibility index (Phi) is 4.19. The summed E-state index contributed by atoms with van der Waals surface area (Å²) in [5.74, 6) is 0. The number of nitrogens with zero attached hydrogens (tertiary/aromatic N) is 1. The molecule has 1 atom stereocenters. The summed E-state index contributed by atoms with van der Waals surface area (Å²) in [7, 11) is 0. The summed E-state index contributed by atoms with van der Waals surface area (Å²) < 4.78 is 1.41. The summed E-state index contributed by atoms with van der Waals surface area (Å²) >= 11 is 4.39. The lowest BCUT2D eigenvalue weighted by atomic mass is 9.94. The van der Waals surface area contributed by atoms with Crippen LogP contribution in [-0.2, 0) is 13.0 Å². The molecule has 0 fully saturated rings. The first-order valence-corrected chi connectivity index (χ1v) is 8.54. The zero-order chi connectivity index (χ0) is 13.2. The molecular weight excluding hydrogens is 367 g/mol. The van der Waals surface area contributed by atoms with Crippen LogP contribution in [0.2, 0.25) is 0 Å². The zero-order valence-corrected chi connectivity index (χ0v) is 13.9. The van der Waals surface area contributed by atoms with E-state index in [1.54, 1.807) is 4.88 Å². The predicted molar refractivity (Wildman–Crippen MR) is 88.5 cm³/mol. The summed E-state index contributed by atoms with van der Waals surface area (Å²) in [6.07, 6.45) is 7.64. The lowest BCUT2D eigenvalue weighted by Gasteiger charge is -2.24. The molecule has 0 saturated heterocycles. The van der Waals surface area contributed by atoms with E-state index in [0.29, 0.717) is 6.04 Å². The van der Waals surface area contributed by atoms with Crippen LogP contribution in [0, 0.1) is 9.81 Å². The van der Waals surface area contributed by atoms with Gasteiger partial charge in [-0.25, -0.2) is 0 Å². The first-order chi connectivity index (χ1) is 9.24. The quantitative estimate of drug-likeness (QED) is 0.802. The van der Waals surface area contributed by atoms with Crippen LogP contribution in [0.5, 0.6) is 0 Å². The highest BCUT2D eigenvalue weighted by Gasteiger charge is 2.22. The van der Waals surface area contributed by atoms with Crippen molar-refractivity contribution in [2.24, 2.45) is 0 Å².